The molecular formula is C22H22BrNO6. The first-order valence-corrected chi connectivity index (χ1v) is 9.94. The van der Waals surface area contributed by atoms with E-state index in [2.05, 4.69) is 15.9 Å². The standard InChI is InChI=1S/C22H22BrNO6/c1-28-16-9-7-13(8-10-16)20(25)18-19(14-5-4-6-15(23)11-14)24(22(27)21(18)26)12-17(29-2)30-3/h4-11,17,19,25H,12H2,1-3H3/t19-/m0/s1. The maximum Gasteiger partial charge on any atom is 0.295 e. The van der Waals surface area contributed by atoms with E-state index in [1.165, 1.54) is 26.2 Å². The normalized spacial score (nSPS) is 18.3. The Morgan fingerprint density at radius 2 is 1.77 bits per heavy atom. The van der Waals surface area contributed by atoms with Gasteiger partial charge in [-0.2, -0.15) is 0 Å². The molecule has 0 spiro atoms. The van der Waals surface area contributed by atoms with Crippen molar-refractivity contribution < 1.29 is 28.9 Å². The summed E-state index contributed by atoms with van der Waals surface area (Å²) in [6.07, 6.45) is -0.723. The summed E-state index contributed by atoms with van der Waals surface area (Å²) < 4.78 is 16.4. The molecule has 1 aliphatic heterocycles. The van der Waals surface area contributed by atoms with E-state index >= 15 is 0 Å². The molecule has 8 heteroatoms. The van der Waals surface area contributed by atoms with Crippen LogP contribution in [0, 0.1) is 0 Å². The van der Waals surface area contributed by atoms with Crippen LogP contribution < -0.4 is 4.74 Å². The van der Waals surface area contributed by atoms with Crippen molar-refractivity contribution in [1.29, 1.82) is 0 Å². The second-order valence-corrected chi connectivity index (χ2v) is 7.55. The van der Waals surface area contributed by atoms with E-state index in [1.54, 1.807) is 42.5 Å². The Balaban J connectivity index is 2.15. The van der Waals surface area contributed by atoms with E-state index in [9.17, 15) is 14.7 Å². The molecule has 1 saturated heterocycles. The van der Waals surface area contributed by atoms with Gasteiger partial charge in [0.2, 0.25) is 0 Å². The third-order valence-electron chi connectivity index (χ3n) is 4.94. The van der Waals surface area contributed by atoms with E-state index in [1.807, 2.05) is 6.07 Å². The molecule has 0 aliphatic carbocycles. The number of carbonyl (C=O) groups is 2. The molecule has 1 heterocycles. The molecule has 1 amide bonds. The van der Waals surface area contributed by atoms with Crippen molar-refractivity contribution in [3.8, 4) is 5.75 Å². The van der Waals surface area contributed by atoms with Crippen molar-refractivity contribution in [3.63, 3.8) is 0 Å². The lowest BCUT2D eigenvalue weighted by molar-refractivity contribution is -0.149. The molecule has 0 saturated carbocycles. The number of benzene rings is 2. The molecule has 30 heavy (non-hydrogen) atoms. The molecule has 0 aromatic heterocycles. The first-order chi connectivity index (χ1) is 14.4. The second kappa shape index (κ2) is 9.42. The molecule has 1 N–H and O–H groups in total. The molecule has 7 nitrogen and oxygen atoms in total. The maximum absolute atomic E-state index is 13.0. The Morgan fingerprint density at radius 1 is 1.10 bits per heavy atom. The Hall–Kier alpha value is -2.68. The van der Waals surface area contributed by atoms with Crippen LogP contribution in [0.2, 0.25) is 0 Å². The predicted octanol–water partition coefficient (Wildman–Crippen LogP) is 3.50. The zero-order valence-electron chi connectivity index (χ0n) is 16.8. The molecule has 1 atom stereocenters. The summed E-state index contributed by atoms with van der Waals surface area (Å²) in [6.45, 7) is 0.0220. The molecule has 158 valence electrons. The number of carbonyl (C=O) groups excluding carboxylic acids is 2. The fourth-order valence-corrected chi connectivity index (χ4v) is 3.82. The molecule has 0 bridgehead atoms. The summed E-state index contributed by atoms with van der Waals surface area (Å²) in [5.74, 6) is -1.14. The van der Waals surface area contributed by atoms with Crippen molar-refractivity contribution >= 4 is 33.4 Å². The number of methoxy groups -OCH3 is 3. The van der Waals surface area contributed by atoms with Gasteiger partial charge in [0.1, 0.15) is 11.5 Å². The lowest BCUT2D eigenvalue weighted by Gasteiger charge is -2.28. The highest BCUT2D eigenvalue weighted by atomic mass is 79.9. The van der Waals surface area contributed by atoms with Gasteiger partial charge < -0.3 is 24.2 Å². The Morgan fingerprint density at radius 3 is 2.33 bits per heavy atom. The van der Waals surface area contributed by atoms with Crippen LogP contribution in [0.4, 0.5) is 0 Å². The van der Waals surface area contributed by atoms with Gasteiger partial charge in [0.15, 0.2) is 6.29 Å². The molecular weight excluding hydrogens is 454 g/mol. The van der Waals surface area contributed by atoms with Gasteiger partial charge in [-0.15, -0.1) is 0 Å². The van der Waals surface area contributed by atoms with Gasteiger partial charge in [0.05, 0.1) is 25.3 Å². The number of halogens is 1. The molecule has 2 aromatic carbocycles. The highest BCUT2D eigenvalue weighted by Gasteiger charge is 2.46. The highest BCUT2D eigenvalue weighted by Crippen LogP contribution is 2.40. The highest BCUT2D eigenvalue weighted by molar-refractivity contribution is 9.10. The molecule has 3 rings (SSSR count). The van der Waals surface area contributed by atoms with Crippen LogP contribution in [-0.4, -0.2) is 55.9 Å². The Bertz CT molecular complexity index is 968. The van der Waals surface area contributed by atoms with Crippen LogP contribution in [0.15, 0.2) is 58.6 Å². The maximum atomic E-state index is 13.0. The van der Waals surface area contributed by atoms with Crippen molar-refractivity contribution in [3.05, 3.63) is 69.7 Å². The number of hydrogen-bond acceptors (Lipinski definition) is 6. The van der Waals surface area contributed by atoms with Crippen molar-refractivity contribution in [2.45, 2.75) is 12.3 Å². The van der Waals surface area contributed by atoms with Gasteiger partial charge in [0, 0.05) is 24.3 Å². The van der Waals surface area contributed by atoms with Crippen LogP contribution in [0.5, 0.6) is 5.75 Å². The van der Waals surface area contributed by atoms with E-state index < -0.39 is 24.0 Å². The van der Waals surface area contributed by atoms with Gasteiger partial charge in [-0.3, -0.25) is 9.59 Å². The number of ketones is 1. The van der Waals surface area contributed by atoms with Gasteiger partial charge in [0.25, 0.3) is 11.7 Å². The van der Waals surface area contributed by atoms with Crippen LogP contribution in [-0.2, 0) is 19.1 Å². The summed E-state index contributed by atoms with van der Waals surface area (Å²) in [4.78, 5) is 27.2. The summed E-state index contributed by atoms with van der Waals surface area (Å²) in [7, 11) is 4.45. The number of rotatable bonds is 7. The lowest BCUT2D eigenvalue weighted by atomic mass is 9.95. The average molecular weight is 476 g/mol. The summed E-state index contributed by atoms with van der Waals surface area (Å²) >= 11 is 3.43. The summed E-state index contributed by atoms with van der Waals surface area (Å²) in [5.41, 5.74) is 1.09. The molecule has 0 unspecified atom stereocenters. The van der Waals surface area contributed by atoms with E-state index in [0.29, 0.717) is 16.9 Å². The third-order valence-corrected chi connectivity index (χ3v) is 5.43. The molecule has 1 fully saturated rings. The molecule has 0 radical (unpaired) electrons. The van der Waals surface area contributed by atoms with Gasteiger partial charge in [-0.25, -0.2) is 0 Å². The van der Waals surface area contributed by atoms with Crippen LogP contribution in [0.1, 0.15) is 17.2 Å². The number of ether oxygens (including phenoxy) is 3. The topological polar surface area (TPSA) is 85.3 Å². The van der Waals surface area contributed by atoms with Crippen LogP contribution in [0.3, 0.4) is 0 Å². The molecule has 1 aliphatic rings. The Kier molecular flexibility index (Phi) is 6.91. The van der Waals surface area contributed by atoms with Crippen molar-refractivity contribution in [2.24, 2.45) is 0 Å². The van der Waals surface area contributed by atoms with Crippen LogP contribution >= 0.6 is 15.9 Å². The van der Waals surface area contributed by atoms with Gasteiger partial charge in [-0.1, -0.05) is 28.1 Å². The number of amides is 1. The second-order valence-electron chi connectivity index (χ2n) is 6.64. The predicted molar refractivity (Wildman–Crippen MR) is 114 cm³/mol. The van der Waals surface area contributed by atoms with Gasteiger partial charge >= 0.3 is 0 Å². The monoisotopic (exact) mass is 475 g/mol. The van der Waals surface area contributed by atoms with Gasteiger partial charge in [-0.05, 0) is 42.0 Å². The van der Waals surface area contributed by atoms with Crippen molar-refractivity contribution in [1.82, 2.24) is 4.90 Å². The van der Waals surface area contributed by atoms with E-state index in [-0.39, 0.29) is 17.9 Å². The quantitative estimate of drug-likeness (QED) is 0.285. The minimum atomic E-state index is -0.794. The number of likely N-dealkylation sites (tertiary alicyclic amines) is 1. The first-order valence-electron chi connectivity index (χ1n) is 9.15. The number of nitrogens with zero attached hydrogens (tertiary/aromatic N) is 1. The summed E-state index contributed by atoms with van der Waals surface area (Å²) in [6, 6.07) is 13.1. The average Bonchev–Trinajstić information content (AvgIpc) is 3.01. The number of aliphatic hydroxyl groups is 1. The number of hydrogen-bond donors (Lipinski definition) is 1. The lowest BCUT2D eigenvalue weighted by Crippen LogP contribution is -2.38. The number of Topliss-reactive ketones (excluding diaryl/α,β-unsaturated/α-hetero) is 1. The minimum absolute atomic E-state index is 0.00854. The molecule has 2 aromatic rings. The van der Waals surface area contributed by atoms with E-state index in [0.717, 1.165) is 4.47 Å². The van der Waals surface area contributed by atoms with Crippen LogP contribution in [0.25, 0.3) is 5.76 Å². The zero-order valence-corrected chi connectivity index (χ0v) is 18.4. The van der Waals surface area contributed by atoms with Crippen molar-refractivity contribution in [2.75, 3.05) is 27.9 Å². The summed E-state index contributed by atoms with van der Waals surface area (Å²) in [5, 5.41) is 11.0. The van der Waals surface area contributed by atoms with E-state index in [4.69, 9.17) is 14.2 Å². The Labute approximate surface area is 183 Å². The first kappa shape index (κ1) is 22.0. The third kappa shape index (κ3) is 4.26. The minimum Gasteiger partial charge on any atom is -0.507 e. The fourth-order valence-electron chi connectivity index (χ4n) is 3.40. The smallest absolute Gasteiger partial charge is 0.295 e. The SMILES string of the molecule is COc1ccc(C(O)=C2C(=O)C(=O)N(CC(OC)OC)[C@H]2c2cccc(Br)c2)cc1. The zero-order chi connectivity index (χ0) is 21.8. The largest absolute Gasteiger partial charge is 0.507 e. The number of aliphatic hydroxyl groups excluding tert-OH is 1. The fraction of sp³-hybridized carbons (Fsp3) is 0.273.